The molecule has 0 spiro atoms. The Kier molecular flexibility index (Phi) is 5.94. The Labute approximate surface area is 180 Å². The second kappa shape index (κ2) is 8.97. The van der Waals surface area contributed by atoms with Gasteiger partial charge < -0.3 is 10.1 Å². The van der Waals surface area contributed by atoms with E-state index in [0.717, 1.165) is 0 Å². The first-order valence-electron chi connectivity index (χ1n) is 9.16. The Morgan fingerprint density at radius 3 is 2.74 bits per heavy atom. The number of rotatable bonds is 7. The van der Waals surface area contributed by atoms with Crippen molar-refractivity contribution in [3.05, 3.63) is 95.0 Å². The molecule has 0 aliphatic heterocycles. The van der Waals surface area contributed by atoms with E-state index in [0.29, 0.717) is 17.0 Å². The third kappa shape index (κ3) is 5.07. The summed E-state index contributed by atoms with van der Waals surface area (Å²) in [5.74, 6) is -0.923. The van der Waals surface area contributed by atoms with Crippen LogP contribution in [-0.2, 0) is 13.3 Å². The fraction of sp³-hybridized carbons (Fsp3) is 0.0952. The van der Waals surface area contributed by atoms with Crippen LogP contribution in [0.25, 0.3) is 0 Å². The highest BCUT2D eigenvalue weighted by molar-refractivity contribution is 6.30. The number of benzene rings is 2. The number of hydrogen-bond acceptors (Lipinski definition) is 4. The van der Waals surface area contributed by atoms with Crippen molar-refractivity contribution in [2.45, 2.75) is 13.3 Å². The molecule has 0 unspecified atom stereocenters. The quantitative estimate of drug-likeness (QED) is 0.461. The number of anilines is 1. The van der Waals surface area contributed by atoms with E-state index < -0.39 is 11.7 Å². The smallest absolute Gasteiger partial charge is 0.276 e. The average Bonchev–Trinajstić information content (AvgIpc) is 3.40. The molecule has 1 amide bonds. The summed E-state index contributed by atoms with van der Waals surface area (Å²) in [5, 5.41) is 10.9. The summed E-state index contributed by atoms with van der Waals surface area (Å²) < 4.78 is 35.4. The molecule has 0 fully saturated rings. The van der Waals surface area contributed by atoms with E-state index in [1.807, 2.05) is 0 Å². The van der Waals surface area contributed by atoms with Crippen LogP contribution in [0.3, 0.4) is 0 Å². The first kappa shape index (κ1) is 20.5. The van der Waals surface area contributed by atoms with Gasteiger partial charge in [-0.2, -0.15) is 10.2 Å². The maximum atomic E-state index is 13.8. The topological polar surface area (TPSA) is 74.0 Å². The number of aromatic nitrogens is 4. The number of carbonyl (C=O) groups is 1. The highest BCUT2D eigenvalue weighted by Crippen LogP contribution is 2.21. The molecule has 0 aliphatic carbocycles. The van der Waals surface area contributed by atoms with Crippen molar-refractivity contribution in [3.8, 4) is 5.75 Å². The van der Waals surface area contributed by atoms with Gasteiger partial charge in [0.05, 0.1) is 23.5 Å². The van der Waals surface area contributed by atoms with Crippen molar-refractivity contribution in [3.63, 3.8) is 0 Å². The lowest BCUT2D eigenvalue weighted by atomic mass is 10.2. The number of hydrogen-bond donors (Lipinski definition) is 1. The second-order valence-corrected chi connectivity index (χ2v) is 6.97. The van der Waals surface area contributed by atoms with Gasteiger partial charge in [-0.1, -0.05) is 29.8 Å². The van der Waals surface area contributed by atoms with Crippen LogP contribution in [-0.4, -0.2) is 25.5 Å². The summed E-state index contributed by atoms with van der Waals surface area (Å²) >= 11 is 5.72. The van der Waals surface area contributed by atoms with E-state index in [1.54, 1.807) is 30.6 Å². The summed E-state index contributed by atoms with van der Waals surface area (Å²) in [7, 11) is 0. The van der Waals surface area contributed by atoms with Crippen LogP contribution in [0, 0.1) is 11.6 Å². The van der Waals surface area contributed by atoms with Gasteiger partial charge in [-0.15, -0.1) is 0 Å². The van der Waals surface area contributed by atoms with Crippen LogP contribution in [0.5, 0.6) is 5.75 Å². The molecule has 4 aromatic rings. The third-order valence-electron chi connectivity index (χ3n) is 4.31. The molecular weight excluding hydrogens is 428 g/mol. The van der Waals surface area contributed by atoms with Gasteiger partial charge in [0.25, 0.3) is 5.91 Å². The summed E-state index contributed by atoms with van der Waals surface area (Å²) in [4.78, 5) is 12.4. The standard InChI is InChI=1S/C21H16ClF2N5O2/c22-17-9-16(5-6-19(17)24)31-13-28-8-7-20(27-28)21(30)26-15-10-25-29(12-15)11-14-3-1-2-4-18(14)23/h1-10,12H,11,13H2,(H,26,30). The summed E-state index contributed by atoms with van der Waals surface area (Å²) in [5.41, 5.74) is 1.11. The predicted octanol–water partition coefficient (Wildman–Crippen LogP) is 4.35. The molecule has 0 radical (unpaired) electrons. The van der Waals surface area contributed by atoms with E-state index in [-0.39, 0.29) is 29.8 Å². The van der Waals surface area contributed by atoms with Crippen molar-refractivity contribution < 1.29 is 18.3 Å². The van der Waals surface area contributed by atoms with Crippen molar-refractivity contribution in [2.75, 3.05) is 5.32 Å². The van der Waals surface area contributed by atoms with Gasteiger partial charge in [-0.05, 0) is 24.3 Å². The van der Waals surface area contributed by atoms with Crippen LogP contribution in [0.2, 0.25) is 5.02 Å². The molecule has 2 aromatic heterocycles. The molecule has 1 N–H and O–H groups in total. The van der Waals surface area contributed by atoms with E-state index in [1.165, 1.54) is 45.9 Å². The number of halogens is 3. The van der Waals surface area contributed by atoms with Crippen molar-refractivity contribution in [2.24, 2.45) is 0 Å². The van der Waals surface area contributed by atoms with Crippen LogP contribution in [0.4, 0.5) is 14.5 Å². The first-order chi connectivity index (χ1) is 15.0. The lowest BCUT2D eigenvalue weighted by Crippen LogP contribution is -2.14. The molecular formula is C21H16ClF2N5O2. The average molecular weight is 444 g/mol. The van der Waals surface area contributed by atoms with Gasteiger partial charge in [-0.3, -0.25) is 9.48 Å². The summed E-state index contributed by atoms with van der Waals surface area (Å²) in [6.45, 7) is 0.248. The molecule has 2 heterocycles. The third-order valence-corrected chi connectivity index (χ3v) is 4.60. The Hall–Kier alpha value is -3.72. The van der Waals surface area contributed by atoms with Crippen LogP contribution in [0.1, 0.15) is 16.1 Å². The number of nitrogens with zero attached hydrogens (tertiary/aromatic N) is 4. The minimum atomic E-state index is -0.538. The fourth-order valence-electron chi connectivity index (χ4n) is 2.77. The predicted molar refractivity (Wildman–Crippen MR) is 110 cm³/mol. The molecule has 0 atom stereocenters. The normalized spacial score (nSPS) is 10.8. The van der Waals surface area contributed by atoms with Crippen molar-refractivity contribution >= 4 is 23.2 Å². The first-order valence-corrected chi connectivity index (χ1v) is 9.54. The van der Waals surface area contributed by atoms with Crippen molar-refractivity contribution in [1.29, 1.82) is 0 Å². The molecule has 2 aromatic carbocycles. The van der Waals surface area contributed by atoms with Gasteiger partial charge in [0.15, 0.2) is 12.4 Å². The van der Waals surface area contributed by atoms with E-state index in [2.05, 4.69) is 15.5 Å². The molecule has 0 saturated heterocycles. The van der Waals surface area contributed by atoms with Crippen LogP contribution in [0.15, 0.2) is 67.1 Å². The molecule has 0 saturated carbocycles. The number of ether oxygens (including phenoxy) is 1. The Morgan fingerprint density at radius 2 is 1.94 bits per heavy atom. The minimum Gasteiger partial charge on any atom is -0.471 e. The van der Waals surface area contributed by atoms with Gasteiger partial charge in [0.1, 0.15) is 17.4 Å². The zero-order valence-corrected chi connectivity index (χ0v) is 16.8. The van der Waals surface area contributed by atoms with Gasteiger partial charge in [0.2, 0.25) is 0 Å². The van der Waals surface area contributed by atoms with Crippen LogP contribution >= 0.6 is 11.6 Å². The molecule has 4 rings (SSSR count). The fourth-order valence-corrected chi connectivity index (χ4v) is 2.94. The SMILES string of the molecule is O=C(Nc1cnn(Cc2ccccc2F)c1)c1ccn(COc2ccc(F)c(Cl)c2)n1. The monoisotopic (exact) mass is 443 g/mol. The zero-order chi connectivity index (χ0) is 21.8. The Bertz CT molecular complexity index is 1220. The molecule has 10 heteroatoms. The maximum Gasteiger partial charge on any atom is 0.276 e. The Balaban J connectivity index is 1.34. The van der Waals surface area contributed by atoms with Gasteiger partial charge in [-0.25, -0.2) is 13.5 Å². The molecule has 158 valence electrons. The van der Waals surface area contributed by atoms with Crippen molar-refractivity contribution in [1.82, 2.24) is 19.6 Å². The lowest BCUT2D eigenvalue weighted by Gasteiger charge is -2.06. The van der Waals surface area contributed by atoms with E-state index in [4.69, 9.17) is 16.3 Å². The molecule has 0 aliphatic rings. The molecule has 0 bridgehead atoms. The van der Waals surface area contributed by atoms with Gasteiger partial charge in [0, 0.05) is 24.0 Å². The molecule has 31 heavy (non-hydrogen) atoms. The van der Waals surface area contributed by atoms with E-state index in [9.17, 15) is 13.6 Å². The lowest BCUT2D eigenvalue weighted by molar-refractivity contribution is 0.102. The largest absolute Gasteiger partial charge is 0.471 e. The summed E-state index contributed by atoms with van der Waals surface area (Å²) in [6, 6.07) is 11.9. The highest BCUT2D eigenvalue weighted by Gasteiger charge is 2.12. The number of amides is 1. The highest BCUT2D eigenvalue weighted by atomic mass is 35.5. The maximum absolute atomic E-state index is 13.8. The summed E-state index contributed by atoms with van der Waals surface area (Å²) in [6.07, 6.45) is 4.64. The number of carbonyl (C=O) groups excluding carboxylic acids is 1. The zero-order valence-electron chi connectivity index (χ0n) is 16.0. The number of nitrogens with one attached hydrogen (secondary N) is 1. The molecule has 7 nitrogen and oxygen atoms in total. The van der Waals surface area contributed by atoms with E-state index >= 15 is 0 Å². The van der Waals surface area contributed by atoms with Crippen LogP contribution < -0.4 is 10.1 Å². The van der Waals surface area contributed by atoms with Gasteiger partial charge >= 0.3 is 0 Å². The minimum absolute atomic E-state index is 0.00974. The Morgan fingerprint density at radius 1 is 1.10 bits per heavy atom. The second-order valence-electron chi connectivity index (χ2n) is 6.56.